The molecule has 1 aliphatic heterocycles. The smallest absolute Gasteiger partial charge is 0.231 e. The highest BCUT2D eigenvalue weighted by Gasteiger charge is 2.14. The standard InChI is InChI=1S/C15H21NO4/c1-2-12(7-8-17)16-15(18)6-4-11-3-5-13-14(9-11)20-10-19-13/h3,5,9,12,17H,2,4,6-8,10H2,1H3,(H,16,18). The van der Waals surface area contributed by atoms with Crippen molar-refractivity contribution in [1.29, 1.82) is 0 Å². The normalized spacial score (nSPS) is 14.1. The molecule has 0 radical (unpaired) electrons. The van der Waals surface area contributed by atoms with Crippen molar-refractivity contribution in [1.82, 2.24) is 5.32 Å². The maximum atomic E-state index is 11.8. The summed E-state index contributed by atoms with van der Waals surface area (Å²) >= 11 is 0. The third-order valence-corrected chi connectivity index (χ3v) is 3.41. The molecule has 0 aliphatic carbocycles. The zero-order valence-electron chi connectivity index (χ0n) is 11.7. The van der Waals surface area contributed by atoms with Gasteiger partial charge in [0.15, 0.2) is 11.5 Å². The fourth-order valence-corrected chi connectivity index (χ4v) is 2.19. The molecule has 1 aliphatic rings. The third kappa shape index (κ3) is 3.87. The minimum Gasteiger partial charge on any atom is -0.454 e. The summed E-state index contributed by atoms with van der Waals surface area (Å²) in [7, 11) is 0. The van der Waals surface area contributed by atoms with Gasteiger partial charge < -0.3 is 19.9 Å². The molecule has 1 amide bonds. The predicted octanol–water partition coefficient (Wildman–Crippen LogP) is 1.63. The van der Waals surface area contributed by atoms with E-state index >= 15 is 0 Å². The van der Waals surface area contributed by atoms with Gasteiger partial charge in [-0.2, -0.15) is 0 Å². The Morgan fingerprint density at radius 2 is 2.20 bits per heavy atom. The van der Waals surface area contributed by atoms with E-state index in [2.05, 4.69) is 5.32 Å². The number of rotatable bonds is 7. The predicted molar refractivity (Wildman–Crippen MR) is 74.8 cm³/mol. The molecule has 0 saturated carbocycles. The molecule has 110 valence electrons. The van der Waals surface area contributed by atoms with Gasteiger partial charge in [0, 0.05) is 19.1 Å². The molecule has 1 aromatic rings. The lowest BCUT2D eigenvalue weighted by Gasteiger charge is -2.15. The Labute approximate surface area is 118 Å². The fourth-order valence-electron chi connectivity index (χ4n) is 2.19. The molecule has 20 heavy (non-hydrogen) atoms. The zero-order valence-corrected chi connectivity index (χ0v) is 11.7. The van der Waals surface area contributed by atoms with E-state index in [9.17, 15) is 4.79 Å². The Morgan fingerprint density at radius 1 is 1.40 bits per heavy atom. The van der Waals surface area contributed by atoms with Crippen LogP contribution in [0.4, 0.5) is 0 Å². The second-order valence-corrected chi connectivity index (χ2v) is 4.87. The molecule has 5 nitrogen and oxygen atoms in total. The molecule has 1 unspecified atom stereocenters. The van der Waals surface area contributed by atoms with Crippen LogP contribution in [-0.2, 0) is 11.2 Å². The van der Waals surface area contributed by atoms with E-state index in [1.54, 1.807) is 0 Å². The lowest BCUT2D eigenvalue weighted by molar-refractivity contribution is -0.121. The van der Waals surface area contributed by atoms with E-state index < -0.39 is 0 Å². The Morgan fingerprint density at radius 3 is 2.95 bits per heavy atom. The highest BCUT2D eigenvalue weighted by atomic mass is 16.7. The molecule has 5 heteroatoms. The molecule has 1 heterocycles. The molecular formula is C15H21NO4. The highest BCUT2D eigenvalue weighted by Crippen LogP contribution is 2.32. The quantitative estimate of drug-likeness (QED) is 0.796. The number of hydrogen-bond donors (Lipinski definition) is 2. The van der Waals surface area contributed by atoms with Crippen molar-refractivity contribution in [2.45, 2.75) is 38.6 Å². The second-order valence-electron chi connectivity index (χ2n) is 4.87. The molecule has 1 aromatic carbocycles. The first-order valence-corrected chi connectivity index (χ1v) is 7.01. The number of aryl methyl sites for hydroxylation is 1. The summed E-state index contributed by atoms with van der Waals surface area (Å²) in [4.78, 5) is 11.8. The van der Waals surface area contributed by atoms with Crippen LogP contribution in [0.1, 0.15) is 31.7 Å². The molecule has 2 rings (SSSR count). The van der Waals surface area contributed by atoms with Gasteiger partial charge >= 0.3 is 0 Å². The number of carbonyl (C=O) groups excluding carboxylic acids is 1. The third-order valence-electron chi connectivity index (χ3n) is 3.41. The van der Waals surface area contributed by atoms with Crippen molar-refractivity contribution < 1.29 is 19.4 Å². The lowest BCUT2D eigenvalue weighted by atomic mass is 10.1. The average Bonchev–Trinajstić information content (AvgIpc) is 2.92. The summed E-state index contributed by atoms with van der Waals surface area (Å²) in [6.45, 7) is 2.36. The summed E-state index contributed by atoms with van der Waals surface area (Å²) in [5.41, 5.74) is 1.06. The number of carbonyl (C=O) groups is 1. The SMILES string of the molecule is CCC(CCO)NC(=O)CCc1ccc2c(c1)OCO2. The Bertz CT molecular complexity index is 461. The van der Waals surface area contributed by atoms with E-state index in [4.69, 9.17) is 14.6 Å². The molecular weight excluding hydrogens is 258 g/mol. The van der Waals surface area contributed by atoms with Crippen molar-refractivity contribution in [3.05, 3.63) is 23.8 Å². The van der Waals surface area contributed by atoms with Crippen molar-refractivity contribution in [3.8, 4) is 11.5 Å². The van der Waals surface area contributed by atoms with Gasteiger partial charge in [0.1, 0.15) is 0 Å². The fraction of sp³-hybridized carbons (Fsp3) is 0.533. The van der Waals surface area contributed by atoms with Gasteiger partial charge in [0.2, 0.25) is 12.7 Å². The first-order chi connectivity index (χ1) is 9.72. The van der Waals surface area contributed by atoms with E-state index in [1.807, 2.05) is 25.1 Å². The number of fused-ring (bicyclic) bond motifs is 1. The van der Waals surface area contributed by atoms with Crippen molar-refractivity contribution in [2.75, 3.05) is 13.4 Å². The molecule has 0 aromatic heterocycles. The van der Waals surface area contributed by atoms with Gasteiger partial charge in [-0.15, -0.1) is 0 Å². The van der Waals surface area contributed by atoms with Crippen molar-refractivity contribution in [2.24, 2.45) is 0 Å². The Kier molecular flexibility index (Phi) is 5.24. The van der Waals surface area contributed by atoms with Gasteiger partial charge in [-0.3, -0.25) is 4.79 Å². The molecule has 1 atom stereocenters. The van der Waals surface area contributed by atoms with Crippen LogP contribution < -0.4 is 14.8 Å². The molecule has 0 saturated heterocycles. The van der Waals surface area contributed by atoms with Crippen LogP contribution in [0.25, 0.3) is 0 Å². The monoisotopic (exact) mass is 279 g/mol. The minimum absolute atomic E-state index is 0.0166. The highest BCUT2D eigenvalue weighted by molar-refractivity contribution is 5.76. The number of aliphatic hydroxyl groups excluding tert-OH is 1. The number of hydrogen-bond acceptors (Lipinski definition) is 4. The van der Waals surface area contributed by atoms with Crippen molar-refractivity contribution in [3.63, 3.8) is 0 Å². The number of benzene rings is 1. The summed E-state index contributed by atoms with van der Waals surface area (Å²) in [6.07, 6.45) is 2.53. The van der Waals surface area contributed by atoms with Gasteiger partial charge in [0.05, 0.1) is 0 Å². The average molecular weight is 279 g/mol. The van der Waals surface area contributed by atoms with Crippen LogP contribution in [-0.4, -0.2) is 30.5 Å². The molecule has 0 spiro atoms. The maximum Gasteiger partial charge on any atom is 0.231 e. The minimum atomic E-state index is 0.0166. The molecule has 0 fully saturated rings. The molecule has 2 N–H and O–H groups in total. The first kappa shape index (κ1) is 14.7. The number of aliphatic hydroxyl groups is 1. The van der Waals surface area contributed by atoms with Crippen LogP contribution in [0.3, 0.4) is 0 Å². The van der Waals surface area contributed by atoms with E-state index in [0.717, 1.165) is 23.5 Å². The Balaban J connectivity index is 1.81. The number of ether oxygens (including phenoxy) is 2. The van der Waals surface area contributed by atoms with E-state index in [0.29, 0.717) is 19.3 Å². The van der Waals surface area contributed by atoms with E-state index in [-0.39, 0.29) is 25.3 Å². The van der Waals surface area contributed by atoms with Crippen LogP contribution in [0.5, 0.6) is 11.5 Å². The summed E-state index contributed by atoms with van der Waals surface area (Å²) in [6, 6.07) is 5.80. The van der Waals surface area contributed by atoms with Crippen molar-refractivity contribution >= 4 is 5.91 Å². The summed E-state index contributed by atoms with van der Waals surface area (Å²) in [5, 5.41) is 11.8. The number of nitrogens with one attached hydrogen (secondary N) is 1. The largest absolute Gasteiger partial charge is 0.454 e. The summed E-state index contributed by atoms with van der Waals surface area (Å²) in [5.74, 6) is 1.52. The summed E-state index contributed by atoms with van der Waals surface area (Å²) < 4.78 is 10.6. The second kappa shape index (κ2) is 7.14. The van der Waals surface area contributed by atoms with Gasteiger partial charge in [-0.25, -0.2) is 0 Å². The first-order valence-electron chi connectivity index (χ1n) is 7.01. The molecule has 0 bridgehead atoms. The zero-order chi connectivity index (χ0) is 14.4. The van der Waals surface area contributed by atoms with Crippen LogP contribution in [0.2, 0.25) is 0 Å². The lowest BCUT2D eigenvalue weighted by Crippen LogP contribution is -2.35. The van der Waals surface area contributed by atoms with Gasteiger partial charge in [-0.05, 0) is 37.0 Å². The van der Waals surface area contributed by atoms with Crippen LogP contribution in [0, 0.1) is 0 Å². The Hall–Kier alpha value is -1.75. The van der Waals surface area contributed by atoms with E-state index in [1.165, 1.54) is 0 Å². The number of amides is 1. The maximum absolute atomic E-state index is 11.8. The van der Waals surface area contributed by atoms with Crippen LogP contribution >= 0.6 is 0 Å². The van der Waals surface area contributed by atoms with Gasteiger partial charge in [0.25, 0.3) is 0 Å². The topological polar surface area (TPSA) is 67.8 Å². The van der Waals surface area contributed by atoms with Crippen LogP contribution in [0.15, 0.2) is 18.2 Å². The van der Waals surface area contributed by atoms with Gasteiger partial charge in [-0.1, -0.05) is 13.0 Å².